The first-order valence-corrected chi connectivity index (χ1v) is 4.77. The van der Waals surface area contributed by atoms with Crippen molar-refractivity contribution in [3.05, 3.63) is 22.5 Å². The van der Waals surface area contributed by atoms with Crippen LogP contribution in [0.25, 0.3) is 0 Å². The molecule has 0 saturated heterocycles. The van der Waals surface area contributed by atoms with Crippen LogP contribution in [-0.4, -0.2) is 42.9 Å². The molecule has 16 heavy (non-hydrogen) atoms. The van der Waals surface area contributed by atoms with Crippen LogP contribution in [0.5, 0.6) is 0 Å². The summed E-state index contributed by atoms with van der Waals surface area (Å²) in [4.78, 5) is 22.0. The Bertz CT molecular complexity index is 370. The second-order valence-corrected chi connectivity index (χ2v) is 3.02. The lowest BCUT2D eigenvalue weighted by Crippen LogP contribution is -2.30. The van der Waals surface area contributed by atoms with E-state index in [1.54, 1.807) is 7.11 Å². The molecule has 0 fully saturated rings. The average molecular weight is 226 g/mol. The van der Waals surface area contributed by atoms with Crippen LogP contribution in [0, 0.1) is 0 Å². The van der Waals surface area contributed by atoms with Crippen molar-refractivity contribution in [3.63, 3.8) is 0 Å². The maximum absolute atomic E-state index is 11.3. The number of amides is 1. The first kappa shape index (κ1) is 12.3. The van der Waals surface area contributed by atoms with Gasteiger partial charge in [0, 0.05) is 19.7 Å². The highest BCUT2D eigenvalue weighted by molar-refractivity contribution is 5.91. The van der Waals surface area contributed by atoms with Gasteiger partial charge in [-0.3, -0.25) is 9.59 Å². The van der Waals surface area contributed by atoms with Crippen LogP contribution in [0.1, 0.15) is 0 Å². The van der Waals surface area contributed by atoms with Gasteiger partial charge in [0.25, 0.3) is 5.56 Å². The van der Waals surface area contributed by atoms with Gasteiger partial charge in [0.05, 0.1) is 13.2 Å². The number of methoxy groups -OCH3 is 1. The third-order valence-electron chi connectivity index (χ3n) is 1.72. The maximum Gasteiger partial charge on any atom is 0.264 e. The van der Waals surface area contributed by atoms with Crippen molar-refractivity contribution in [1.82, 2.24) is 15.5 Å². The molecular weight excluding hydrogens is 212 g/mol. The second kappa shape index (κ2) is 6.70. The Hall–Kier alpha value is -1.73. The van der Waals surface area contributed by atoms with Gasteiger partial charge in [0.1, 0.15) is 0 Å². The highest BCUT2D eigenvalue weighted by Crippen LogP contribution is 1.94. The summed E-state index contributed by atoms with van der Waals surface area (Å²) in [6, 6.07) is 2.73. The molecule has 88 valence electrons. The molecule has 0 bridgehead atoms. The van der Waals surface area contributed by atoms with Gasteiger partial charge in [-0.25, -0.2) is 5.10 Å². The number of nitrogens with zero attached hydrogens (tertiary/aromatic N) is 1. The molecule has 0 aliphatic rings. The van der Waals surface area contributed by atoms with Crippen molar-refractivity contribution in [3.8, 4) is 0 Å². The summed E-state index contributed by atoms with van der Waals surface area (Å²) in [7, 11) is 1.59. The zero-order valence-corrected chi connectivity index (χ0v) is 8.95. The van der Waals surface area contributed by atoms with E-state index in [4.69, 9.17) is 4.74 Å². The van der Waals surface area contributed by atoms with Crippen LogP contribution in [-0.2, 0) is 9.53 Å². The lowest BCUT2D eigenvalue weighted by Gasteiger charge is -2.04. The van der Waals surface area contributed by atoms with Crippen molar-refractivity contribution in [1.29, 1.82) is 0 Å². The molecule has 3 N–H and O–H groups in total. The largest absolute Gasteiger partial charge is 0.383 e. The van der Waals surface area contributed by atoms with E-state index in [0.29, 0.717) is 19.0 Å². The number of H-pyrrole nitrogens is 1. The molecule has 0 radical (unpaired) electrons. The van der Waals surface area contributed by atoms with Gasteiger partial charge in [0.2, 0.25) is 5.91 Å². The quantitative estimate of drug-likeness (QED) is 0.537. The van der Waals surface area contributed by atoms with Crippen molar-refractivity contribution in [2.45, 2.75) is 0 Å². The Kier molecular flexibility index (Phi) is 5.17. The topological polar surface area (TPSA) is 96.1 Å². The summed E-state index contributed by atoms with van der Waals surface area (Å²) >= 11 is 0. The molecule has 0 atom stereocenters. The lowest BCUT2D eigenvalue weighted by molar-refractivity contribution is -0.115. The fourth-order valence-electron chi connectivity index (χ4n) is 0.977. The van der Waals surface area contributed by atoms with Crippen LogP contribution < -0.4 is 16.2 Å². The van der Waals surface area contributed by atoms with E-state index in [9.17, 15) is 9.59 Å². The normalized spacial score (nSPS) is 10.1. The number of hydrogen-bond acceptors (Lipinski definition) is 5. The lowest BCUT2D eigenvalue weighted by atomic mass is 10.5. The minimum absolute atomic E-state index is 0.171. The summed E-state index contributed by atoms with van der Waals surface area (Å²) in [5, 5.41) is 11.3. The number of anilines is 1. The second-order valence-electron chi connectivity index (χ2n) is 3.02. The van der Waals surface area contributed by atoms with E-state index in [0.717, 1.165) is 0 Å². The van der Waals surface area contributed by atoms with Crippen LogP contribution in [0.15, 0.2) is 16.9 Å². The van der Waals surface area contributed by atoms with Gasteiger partial charge >= 0.3 is 0 Å². The molecule has 0 aromatic carbocycles. The summed E-state index contributed by atoms with van der Waals surface area (Å²) in [5.74, 6) is 0.0915. The Morgan fingerprint density at radius 3 is 3.00 bits per heavy atom. The van der Waals surface area contributed by atoms with Crippen molar-refractivity contribution < 1.29 is 9.53 Å². The highest BCUT2D eigenvalue weighted by Gasteiger charge is 2.01. The van der Waals surface area contributed by atoms with E-state index < -0.39 is 0 Å². The fraction of sp³-hybridized carbons (Fsp3) is 0.444. The molecular formula is C9H14N4O3. The third-order valence-corrected chi connectivity index (χ3v) is 1.72. The number of aromatic nitrogens is 2. The van der Waals surface area contributed by atoms with Gasteiger partial charge in [-0.2, -0.15) is 5.10 Å². The Balaban J connectivity index is 2.28. The molecule has 0 aliphatic heterocycles. The molecule has 0 unspecified atom stereocenters. The van der Waals surface area contributed by atoms with E-state index in [-0.39, 0.29) is 18.0 Å². The summed E-state index contributed by atoms with van der Waals surface area (Å²) in [5.41, 5.74) is -0.309. The minimum atomic E-state index is -0.309. The first-order chi connectivity index (χ1) is 7.72. The standard InChI is InChI=1S/C9H14N4O3/c1-16-5-4-10-6-9(15)11-7-2-3-8(14)13-12-7/h2-3,10H,4-6H2,1H3,(H,13,14)(H,11,12,15). The smallest absolute Gasteiger partial charge is 0.264 e. The zero-order valence-electron chi connectivity index (χ0n) is 8.95. The summed E-state index contributed by atoms with van der Waals surface area (Å²) in [6.45, 7) is 1.32. The number of aromatic amines is 1. The number of carbonyl (C=O) groups excluding carboxylic acids is 1. The first-order valence-electron chi connectivity index (χ1n) is 4.77. The molecule has 1 aromatic rings. The van der Waals surface area contributed by atoms with E-state index in [1.165, 1.54) is 12.1 Å². The predicted octanol–water partition coefficient (Wildman–Crippen LogP) is -1.06. The van der Waals surface area contributed by atoms with E-state index in [2.05, 4.69) is 20.8 Å². The number of ether oxygens (including phenoxy) is 1. The Morgan fingerprint density at radius 1 is 1.56 bits per heavy atom. The third kappa shape index (κ3) is 4.67. The van der Waals surface area contributed by atoms with Gasteiger partial charge < -0.3 is 15.4 Å². The van der Waals surface area contributed by atoms with Gasteiger partial charge in [-0.05, 0) is 6.07 Å². The van der Waals surface area contributed by atoms with Crippen LogP contribution in [0.4, 0.5) is 5.82 Å². The Morgan fingerprint density at radius 2 is 2.38 bits per heavy atom. The van der Waals surface area contributed by atoms with Crippen molar-refractivity contribution >= 4 is 11.7 Å². The monoisotopic (exact) mass is 226 g/mol. The molecule has 7 heteroatoms. The van der Waals surface area contributed by atoms with Gasteiger partial charge in [0.15, 0.2) is 5.82 Å². The molecule has 7 nitrogen and oxygen atoms in total. The molecule has 1 amide bonds. The van der Waals surface area contributed by atoms with Crippen LogP contribution >= 0.6 is 0 Å². The number of nitrogens with one attached hydrogen (secondary N) is 3. The SMILES string of the molecule is COCCNCC(=O)Nc1ccc(=O)[nH]n1. The molecule has 0 saturated carbocycles. The molecule has 0 spiro atoms. The van der Waals surface area contributed by atoms with E-state index in [1.807, 2.05) is 0 Å². The summed E-state index contributed by atoms with van der Waals surface area (Å²) in [6.07, 6.45) is 0. The fourth-order valence-corrected chi connectivity index (χ4v) is 0.977. The number of carbonyl (C=O) groups is 1. The maximum atomic E-state index is 11.3. The number of hydrogen-bond donors (Lipinski definition) is 3. The molecule has 1 heterocycles. The average Bonchev–Trinajstić information content (AvgIpc) is 2.28. The zero-order chi connectivity index (χ0) is 11.8. The van der Waals surface area contributed by atoms with Crippen molar-refractivity contribution in [2.75, 3.05) is 32.1 Å². The minimum Gasteiger partial charge on any atom is -0.383 e. The molecule has 0 aliphatic carbocycles. The molecule has 1 aromatic heterocycles. The van der Waals surface area contributed by atoms with Crippen LogP contribution in [0.3, 0.4) is 0 Å². The molecule has 1 rings (SSSR count). The summed E-state index contributed by atoms with van der Waals surface area (Å²) < 4.78 is 4.81. The Labute approximate surface area is 92.2 Å². The highest BCUT2D eigenvalue weighted by atomic mass is 16.5. The number of rotatable bonds is 6. The predicted molar refractivity (Wildman–Crippen MR) is 58.2 cm³/mol. The van der Waals surface area contributed by atoms with Crippen LogP contribution in [0.2, 0.25) is 0 Å². The van der Waals surface area contributed by atoms with Gasteiger partial charge in [-0.1, -0.05) is 0 Å². The van der Waals surface area contributed by atoms with Gasteiger partial charge in [-0.15, -0.1) is 0 Å². The van der Waals surface area contributed by atoms with Crippen molar-refractivity contribution in [2.24, 2.45) is 0 Å². The van der Waals surface area contributed by atoms with E-state index >= 15 is 0 Å².